The predicted octanol–water partition coefficient (Wildman–Crippen LogP) is 7.31. The minimum absolute atomic E-state index is 0.154. The molecule has 8 atom stereocenters. The molecule has 3 aromatic rings. The third kappa shape index (κ3) is 10.2. The number of hydrogen-bond donors (Lipinski definition) is 2. The van der Waals surface area contributed by atoms with Crippen molar-refractivity contribution < 1.29 is 43.1 Å². The van der Waals surface area contributed by atoms with Crippen molar-refractivity contribution in [3.8, 4) is 0 Å². The minimum Gasteiger partial charge on any atom is -0.493 e. The first kappa shape index (κ1) is 40.3. The van der Waals surface area contributed by atoms with E-state index >= 15 is 0 Å². The fourth-order valence-corrected chi connectivity index (χ4v) is 13.2. The molecule has 1 saturated heterocycles. The molecule has 9 nitrogen and oxygen atoms in total. The van der Waals surface area contributed by atoms with Gasteiger partial charge in [0.15, 0.2) is 6.29 Å². The van der Waals surface area contributed by atoms with Crippen LogP contribution < -0.4 is 0 Å². The van der Waals surface area contributed by atoms with E-state index < -0.39 is 57.3 Å². The SMILES string of the molecule is CC(C)[Si](OCC1OC=CC(O[C@@H]2OC(COCc3ccccc3)[C@H](OCc3ccccc3)[C@@H](OCc3ccccc3)C2O)C1O)(C(C)C)C(C)C. The highest BCUT2D eigenvalue weighted by Crippen LogP contribution is 2.42. The summed E-state index contributed by atoms with van der Waals surface area (Å²) in [6, 6.07) is 29.5. The highest BCUT2D eigenvalue weighted by atomic mass is 28.4. The van der Waals surface area contributed by atoms with Crippen molar-refractivity contribution in [1.82, 2.24) is 0 Å². The van der Waals surface area contributed by atoms with Crippen LogP contribution in [-0.2, 0) is 52.7 Å². The lowest BCUT2D eigenvalue weighted by Gasteiger charge is -2.46. The summed E-state index contributed by atoms with van der Waals surface area (Å²) in [5, 5.41) is 23.5. The molecular weight excluding hydrogens is 677 g/mol. The first-order valence-electron chi connectivity index (χ1n) is 18.7. The molecule has 10 heteroatoms. The topological polar surface area (TPSA) is 105 Å². The van der Waals surface area contributed by atoms with Crippen molar-refractivity contribution in [2.75, 3.05) is 13.2 Å². The van der Waals surface area contributed by atoms with Crippen molar-refractivity contribution in [2.24, 2.45) is 0 Å². The Balaban J connectivity index is 1.35. The second kappa shape index (κ2) is 19.4. The Labute approximate surface area is 310 Å². The lowest BCUT2D eigenvalue weighted by atomic mass is 9.97. The van der Waals surface area contributed by atoms with Gasteiger partial charge in [0.2, 0.25) is 8.32 Å². The van der Waals surface area contributed by atoms with Gasteiger partial charge >= 0.3 is 0 Å². The maximum Gasteiger partial charge on any atom is 0.200 e. The van der Waals surface area contributed by atoms with Crippen molar-refractivity contribution in [3.63, 3.8) is 0 Å². The molecule has 2 aliphatic rings. The molecule has 3 aromatic carbocycles. The van der Waals surface area contributed by atoms with E-state index in [2.05, 4.69) is 41.5 Å². The average molecular weight is 735 g/mol. The molecule has 5 unspecified atom stereocenters. The predicted molar refractivity (Wildman–Crippen MR) is 203 cm³/mol. The largest absolute Gasteiger partial charge is 0.493 e. The van der Waals surface area contributed by atoms with Gasteiger partial charge in [0.05, 0.1) is 39.3 Å². The Morgan fingerprint density at radius 3 is 1.63 bits per heavy atom. The number of ether oxygens (including phenoxy) is 6. The van der Waals surface area contributed by atoms with Crippen LogP contribution in [0.4, 0.5) is 0 Å². The lowest BCUT2D eigenvalue weighted by Crippen LogP contribution is -2.62. The highest BCUT2D eigenvalue weighted by Gasteiger charge is 2.50. The quantitative estimate of drug-likeness (QED) is 0.130. The normalized spacial score (nSPS) is 26.6. The first-order chi connectivity index (χ1) is 25.1. The molecule has 5 rings (SSSR count). The molecule has 0 spiro atoms. The minimum atomic E-state index is -2.21. The summed E-state index contributed by atoms with van der Waals surface area (Å²) in [5.41, 5.74) is 4.09. The van der Waals surface area contributed by atoms with Crippen LogP contribution in [0.3, 0.4) is 0 Å². The molecule has 0 aliphatic carbocycles. The summed E-state index contributed by atoms with van der Waals surface area (Å²) in [6.07, 6.45) is -4.01. The van der Waals surface area contributed by atoms with E-state index in [0.29, 0.717) is 23.2 Å². The third-order valence-corrected chi connectivity index (χ3v) is 16.4. The number of benzene rings is 3. The summed E-state index contributed by atoms with van der Waals surface area (Å²) in [4.78, 5) is 0. The average Bonchev–Trinajstić information content (AvgIpc) is 3.14. The van der Waals surface area contributed by atoms with Gasteiger partial charge in [0, 0.05) is 0 Å². The Bertz CT molecular complexity index is 1450. The van der Waals surface area contributed by atoms with Crippen LogP contribution in [0.1, 0.15) is 58.2 Å². The van der Waals surface area contributed by atoms with E-state index in [-0.39, 0.29) is 26.4 Å². The lowest BCUT2D eigenvalue weighted by molar-refractivity contribution is -0.330. The Kier molecular flexibility index (Phi) is 15.1. The summed E-state index contributed by atoms with van der Waals surface area (Å²) < 4.78 is 44.8. The molecular formula is C42H58O9Si. The van der Waals surface area contributed by atoms with Crippen LogP contribution in [0.2, 0.25) is 16.6 Å². The molecule has 1 fully saturated rings. The van der Waals surface area contributed by atoms with Crippen LogP contribution >= 0.6 is 0 Å². The van der Waals surface area contributed by atoms with Gasteiger partial charge in [-0.2, -0.15) is 0 Å². The van der Waals surface area contributed by atoms with Gasteiger partial charge < -0.3 is 43.1 Å². The number of rotatable bonds is 18. The molecule has 2 heterocycles. The van der Waals surface area contributed by atoms with Crippen molar-refractivity contribution in [2.45, 2.75) is 127 Å². The van der Waals surface area contributed by atoms with Crippen LogP contribution in [0.15, 0.2) is 103 Å². The Morgan fingerprint density at radius 2 is 1.12 bits per heavy atom. The van der Waals surface area contributed by atoms with Gasteiger partial charge in [0.25, 0.3) is 0 Å². The van der Waals surface area contributed by atoms with E-state index in [4.69, 9.17) is 32.8 Å². The van der Waals surface area contributed by atoms with E-state index in [1.165, 1.54) is 0 Å². The van der Waals surface area contributed by atoms with E-state index in [1.807, 2.05) is 91.0 Å². The second-order valence-electron chi connectivity index (χ2n) is 14.8. The summed E-state index contributed by atoms with van der Waals surface area (Å²) in [7, 11) is -2.21. The zero-order valence-corrected chi connectivity index (χ0v) is 32.5. The van der Waals surface area contributed by atoms with Gasteiger partial charge in [-0.15, -0.1) is 0 Å². The smallest absolute Gasteiger partial charge is 0.200 e. The molecule has 0 amide bonds. The van der Waals surface area contributed by atoms with Gasteiger partial charge in [0.1, 0.15) is 42.7 Å². The van der Waals surface area contributed by atoms with E-state index in [1.54, 1.807) is 12.3 Å². The maximum atomic E-state index is 11.9. The molecule has 0 saturated carbocycles. The van der Waals surface area contributed by atoms with Crippen LogP contribution in [0.25, 0.3) is 0 Å². The highest BCUT2D eigenvalue weighted by molar-refractivity contribution is 6.77. The van der Waals surface area contributed by atoms with E-state index in [0.717, 1.165) is 16.7 Å². The number of aliphatic hydroxyl groups excluding tert-OH is 2. The fraction of sp³-hybridized carbons (Fsp3) is 0.524. The zero-order valence-electron chi connectivity index (χ0n) is 31.5. The molecule has 52 heavy (non-hydrogen) atoms. The molecule has 2 aliphatic heterocycles. The van der Waals surface area contributed by atoms with Crippen LogP contribution in [0, 0.1) is 0 Å². The van der Waals surface area contributed by atoms with Gasteiger partial charge in [-0.05, 0) is 39.4 Å². The summed E-state index contributed by atoms with van der Waals surface area (Å²) in [5.74, 6) is 0. The summed E-state index contributed by atoms with van der Waals surface area (Å²) >= 11 is 0. The first-order valence-corrected chi connectivity index (χ1v) is 20.8. The Morgan fingerprint density at radius 1 is 0.615 bits per heavy atom. The van der Waals surface area contributed by atoms with Crippen LogP contribution in [0.5, 0.6) is 0 Å². The second-order valence-corrected chi connectivity index (χ2v) is 20.2. The van der Waals surface area contributed by atoms with Crippen molar-refractivity contribution >= 4 is 8.32 Å². The summed E-state index contributed by atoms with van der Waals surface area (Å²) in [6.45, 7) is 14.6. The van der Waals surface area contributed by atoms with E-state index in [9.17, 15) is 10.2 Å². The molecule has 0 bridgehead atoms. The van der Waals surface area contributed by atoms with Gasteiger partial charge in [-0.1, -0.05) is 133 Å². The number of hydrogen-bond acceptors (Lipinski definition) is 9. The van der Waals surface area contributed by atoms with Crippen molar-refractivity contribution in [3.05, 3.63) is 120 Å². The third-order valence-electron chi connectivity index (χ3n) is 10.3. The molecule has 2 N–H and O–H groups in total. The maximum absolute atomic E-state index is 11.9. The molecule has 0 aromatic heterocycles. The van der Waals surface area contributed by atoms with Gasteiger partial charge in [-0.3, -0.25) is 0 Å². The molecule has 284 valence electrons. The van der Waals surface area contributed by atoms with Crippen LogP contribution in [-0.4, -0.2) is 80.8 Å². The molecule has 0 radical (unpaired) electrons. The zero-order chi connectivity index (χ0) is 37.1. The fourth-order valence-electron chi connectivity index (χ4n) is 7.71. The standard InChI is InChI=1S/C42H58O9Si/c1-29(2)52(30(3)4,31(5)6)49-28-36-38(43)35(22-23-46-36)50-42-39(44)41(48-26-34-20-14-9-15-21-34)40(47-25-33-18-12-8-13-19-33)37(51-42)27-45-24-32-16-10-7-11-17-32/h7-23,29-31,35-44H,24-28H2,1-6H3/t35?,36?,37?,38?,39?,40-,41-,42+/m0/s1. The monoisotopic (exact) mass is 734 g/mol. The van der Waals surface area contributed by atoms with Crippen molar-refractivity contribution in [1.29, 1.82) is 0 Å². The van der Waals surface area contributed by atoms with Gasteiger partial charge in [-0.25, -0.2) is 0 Å². The Hall–Kier alpha value is -2.90. The number of aliphatic hydroxyl groups is 2.